The second kappa shape index (κ2) is 5.37. The fourth-order valence-electron chi connectivity index (χ4n) is 1.78. The Kier molecular flexibility index (Phi) is 3.84. The summed E-state index contributed by atoms with van der Waals surface area (Å²) in [6, 6.07) is 3.94. The molecule has 5 heteroatoms. The van der Waals surface area contributed by atoms with Gasteiger partial charge in [0, 0.05) is 18.3 Å². The van der Waals surface area contributed by atoms with E-state index in [1.807, 2.05) is 25.3 Å². The first kappa shape index (κ1) is 12.9. The van der Waals surface area contributed by atoms with E-state index in [0.717, 1.165) is 32.5 Å². The second-order valence-electron chi connectivity index (χ2n) is 3.84. The number of hydrogen-bond acceptors (Lipinski definition) is 5. The predicted molar refractivity (Wildman–Crippen MR) is 73.3 cm³/mol. The van der Waals surface area contributed by atoms with E-state index in [2.05, 4.69) is 4.98 Å². The molecule has 0 bridgehead atoms. The molecule has 96 valence electrons. The van der Waals surface area contributed by atoms with Crippen LogP contribution >= 0.6 is 11.3 Å². The Hall–Kier alpha value is -1.59. The van der Waals surface area contributed by atoms with Crippen LogP contribution in [0.15, 0.2) is 18.3 Å². The molecule has 0 fully saturated rings. The van der Waals surface area contributed by atoms with Crippen LogP contribution in [-0.4, -0.2) is 19.2 Å². The SMILES string of the molecule is COc1cc(C)c(-c2cnc(CN)s2)cc1OC. The van der Waals surface area contributed by atoms with Crippen molar-refractivity contribution in [3.8, 4) is 21.9 Å². The van der Waals surface area contributed by atoms with Gasteiger partial charge in [0.1, 0.15) is 5.01 Å². The largest absolute Gasteiger partial charge is 0.493 e. The molecule has 0 radical (unpaired) electrons. The van der Waals surface area contributed by atoms with Crippen LogP contribution in [0.25, 0.3) is 10.4 Å². The van der Waals surface area contributed by atoms with E-state index < -0.39 is 0 Å². The summed E-state index contributed by atoms with van der Waals surface area (Å²) in [5.74, 6) is 1.46. The Labute approximate surface area is 110 Å². The van der Waals surface area contributed by atoms with E-state index in [1.54, 1.807) is 25.6 Å². The maximum Gasteiger partial charge on any atom is 0.161 e. The lowest BCUT2D eigenvalue weighted by Crippen LogP contribution is -1.93. The highest BCUT2D eigenvalue weighted by molar-refractivity contribution is 7.15. The fourth-order valence-corrected chi connectivity index (χ4v) is 2.65. The zero-order chi connectivity index (χ0) is 13.1. The molecule has 1 aromatic carbocycles. The van der Waals surface area contributed by atoms with E-state index in [1.165, 1.54) is 0 Å². The summed E-state index contributed by atoms with van der Waals surface area (Å²) in [7, 11) is 3.27. The number of rotatable bonds is 4. The quantitative estimate of drug-likeness (QED) is 0.922. The van der Waals surface area contributed by atoms with Crippen molar-refractivity contribution in [1.82, 2.24) is 4.98 Å². The molecular formula is C13H16N2O2S. The first-order valence-corrected chi connectivity index (χ1v) is 6.39. The van der Waals surface area contributed by atoms with Crippen LogP contribution in [0.2, 0.25) is 0 Å². The van der Waals surface area contributed by atoms with Crippen LogP contribution in [0.1, 0.15) is 10.6 Å². The van der Waals surface area contributed by atoms with Crippen molar-refractivity contribution in [3.63, 3.8) is 0 Å². The lowest BCUT2D eigenvalue weighted by atomic mass is 10.1. The molecular weight excluding hydrogens is 248 g/mol. The van der Waals surface area contributed by atoms with Gasteiger partial charge in [0.2, 0.25) is 0 Å². The van der Waals surface area contributed by atoms with E-state index in [4.69, 9.17) is 15.2 Å². The van der Waals surface area contributed by atoms with Crippen molar-refractivity contribution in [2.45, 2.75) is 13.5 Å². The van der Waals surface area contributed by atoms with Gasteiger partial charge in [-0.15, -0.1) is 11.3 Å². The van der Waals surface area contributed by atoms with Crippen LogP contribution in [0.4, 0.5) is 0 Å². The maximum atomic E-state index is 5.58. The van der Waals surface area contributed by atoms with Crippen LogP contribution in [0.3, 0.4) is 0 Å². The Morgan fingerprint density at radius 3 is 2.44 bits per heavy atom. The van der Waals surface area contributed by atoms with Crippen molar-refractivity contribution < 1.29 is 9.47 Å². The van der Waals surface area contributed by atoms with Gasteiger partial charge in [-0.05, 0) is 24.6 Å². The third-order valence-electron chi connectivity index (χ3n) is 2.72. The molecule has 0 spiro atoms. The van der Waals surface area contributed by atoms with Crippen molar-refractivity contribution in [1.29, 1.82) is 0 Å². The van der Waals surface area contributed by atoms with Gasteiger partial charge in [-0.1, -0.05) is 0 Å². The van der Waals surface area contributed by atoms with Gasteiger partial charge in [0.15, 0.2) is 11.5 Å². The number of methoxy groups -OCH3 is 2. The minimum absolute atomic E-state index is 0.469. The smallest absolute Gasteiger partial charge is 0.161 e. The molecule has 1 heterocycles. The van der Waals surface area contributed by atoms with Crippen molar-refractivity contribution in [2.75, 3.05) is 14.2 Å². The average molecular weight is 264 g/mol. The minimum Gasteiger partial charge on any atom is -0.493 e. The summed E-state index contributed by atoms with van der Waals surface area (Å²) >= 11 is 1.60. The number of thiazole rings is 1. The highest BCUT2D eigenvalue weighted by Crippen LogP contribution is 2.37. The van der Waals surface area contributed by atoms with E-state index in [0.29, 0.717) is 6.54 Å². The Morgan fingerprint density at radius 2 is 1.89 bits per heavy atom. The van der Waals surface area contributed by atoms with E-state index in [9.17, 15) is 0 Å². The molecule has 18 heavy (non-hydrogen) atoms. The Morgan fingerprint density at radius 1 is 1.22 bits per heavy atom. The monoisotopic (exact) mass is 264 g/mol. The molecule has 2 N–H and O–H groups in total. The van der Waals surface area contributed by atoms with Gasteiger partial charge >= 0.3 is 0 Å². The molecule has 2 rings (SSSR count). The summed E-state index contributed by atoms with van der Waals surface area (Å²) in [5.41, 5.74) is 7.81. The average Bonchev–Trinajstić information content (AvgIpc) is 2.86. The molecule has 0 aliphatic rings. The molecule has 0 atom stereocenters. The highest BCUT2D eigenvalue weighted by Gasteiger charge is 2.12. The molecule has 0 saturated carbocycles. The third kappa shape index (κ3) is 2.32. The Bertz CT molecular complexity index is 552. The van der Waals surface area contributed by atoms with Crippen LogP contribution in [0.5, 0.6) is 11.5 Å². The first-order chi connectivity index (χ1) is 8.69. The van der Waals surface area contributed by atoms with E-state index >= 15 is 0 Å². The summed E-state index contributed by atoms with van der Waals surface area (Å²) in [6.45, 7) is 2.51. The topological polar surface area (TPSA) is 57.4 Å². The predicted octanol–water partition coefficient (Wildman–Crippen LogP) is 2.59. The summed E-state index contributed by atoms with van der Waals surface area (Å²) < 4.78 is 10.6. The molecule has 0 unspecified atom stereocenters. The second-order valence-corrected chi connectivity index (χ2v) is 4.96. The molecule has 4 nitrogen and oxygen atoms in total. The van der Waals surface area contributed by atoms with Gasteiger partial charge in [0.25, 0.3) is 0 Å². The lowest BCUT2D eigenvalue weighted by Gasteiger charge is -2.11. The summed E-state index contributed by atoms with van der Waals surface area (Å²) in [4.78, 5) is 5.36. The number of aryl methyl sites for hydroxylation is 1. The van der Waals surface area contributed by atoms with Gasteiger partial charge < -0.3 is 15.2 Å². The minimum atomic E-state index is 0.469. The van der Waals surface area contributed by atoms with Gasteiger partial charge in [-0.3, -0.25) is 0 Å². The van der Waals surface area contributed by atoms with Gasteiger partial charge in [-0.25, -0.2) is 4.98 Å². The molecule has 2 aromatic rings. The normalized spacial score (nSPS) is 10.4. The van der Waals surface area contributed by atoms with E-state index in [-0.39, 0.29) is 0 Å². The lowest BCUT2D eigenvalue weighted by molar-refractivity contribution is 0.355. The zero-order valence-electron chi connectivity index (χ0n) is 10.7. The molecule has 0 saturated heterocycles. The number of nitrogens with two attached hydrogens (primary N) is 1. The number of hydrogen-bond donors (Lipinski definition) is 1. The van der Waals surface area contributed by atoms with Crippen LogP contribution < -0.4 is 15.2 Å². The standard InChI is InChI=1S/C13H16N2O2S/c1-8-4-10(16-2)11(17-3)5-9(8)12-7-15-13(6-14)18-12/h4-5,7H,6,14H2,1-3H3. The summed E-state index contributed by atoms with van der Waals surface area (Å²) in [5, 5.41) is 0.930. The highest BCUT2D eigenvalue weighted by atomic mass is 32.1. The van der Waals surface area contributed by atoms with Crippen molar-refractivity contribution >= 4 is 11.3 Å². The maximum absolute atomic E-state index is 5.58. The van der Waals surface area contributed by atoms with Crippen LogP contribution in [-0.2, 0) is 6.54 Å². The molecule has 1 aromatic heterocycles. The molecule has 0 amide bonds. The van der Waals surface area contributed by atoms with Crippen LogP contribution in [0, 0.1) is 6.92 Å². The third-order valence-corrected chi connectivity index (χ3v) is 3.78. The van der Waals surface area contributed by atoms with Crippen molar-refractivity contribution in [3.05, 3.63) is 28.9 Å². The van der Waals surface area contributed by atoms with Gasteiger partial charge in [0.05, 0.1) is 19.1 Å². The number of benzene rings is 1. The number of aromatic nitrogens is 1. The fraction of sp³-hybridized carbons (Fsp3) is 0.308. The molecule has 0 aliphatic heterocycles. The van der Waals surface area contributed by atoms with Crippen molar-refractivity contribution in [2.24, 2.45) is 5.73 Å². The molecule has 0 aliphatic carbocycles. The Balaban J connectivity index is 2.50. The number of ether oxygens (including phenoxy) is 2. The summed E-state index contributed by atoms with van der Waals surface area (Å²) in [6.07, 6.45) is 1.85. The zero-order valence-corrected chi connectivity index (χ0v) is 11.5. The van der Waals surface area contributed by atoms with Gasteiger partial charge in [-0.2, -0.15) is 0 Å². The first-order valence-electron chi connectivity index (χ1n) is 5.57. The number of nitrogens with zero attached hydrogens (tertiary/aromatic N) is 1.